The van der Waals surface area contributed by atoms with Crippen LogP contribution < -0.4 is 4.74 Å². The molecule has 25 heavy (non-hydrogen) atoms. The summed E-state index contributed by atoms with van der Waals surface area (Å²) in [5.74, 6) is 0.348. The minimum Gasteiger partial charge on any atom is -0.424 e. The predicted octanol–water partition coefficient (Wildman–Crippen LogP) is 3.41. The highest BCUT2D eigenvalue weighted by Crippen LogP contribution is 2.29. The van der Waals surface area contributed by atoms with E-state index in [0.717, 1.165) is 5.52 Å². The first-order chi connectivity index (χ1) is 11.6. The van der Waals surface area contributed by atoms with E-state index in [-0.39, 0.29) is 6.01 Å². The second-order valence-electron chi connectivity index (χ2n) is 6.19. The van der Waals surface area contributed by atoms with E-state index in [0.29, 0.717) is 30.2 Å². The van der Waals surface area contributed by atoms with Crippen LogP contribution in [-0.4, -0.2) is 30.2 Å². The zero-order chi connectivity index (χ0) is 18.2. The van der Waals surface area contributed by atoms with Gasteiger partial charge in [-0.25, -0.2) is 15.0 Å². The van der Waals surface area contributed by atoms with E-state index in [1.165, 1.54) is 0 Å². The average molecular weight is 352 g/mol. The largest absolute Gasteiger partial charge is 0.424 e. The van der Waals surface area contributed by atoms with Gasteiger partial charge in [0.15, 0.2) is 0 Å². The van der Waals surface area contributed by atoms with E-state index in [4.69, 9.17) is 4.74 Å². The molecule has 6 nitrogen and oxygen atoms in total. The fourth-order valence-corrected chi connectivity index (χ4v) is 2.27. The standard InChI is InChI=1S/C16H15F3N4O2/c1-15(2,24)8-23-9-22-12-5-11(3-4-13(12)23)25-14-20-6-10(7-21-14)16(17,18)19/h3-7,9,24H,8H2,1-2H3. The SMILES string of the molecule is CC(C)(O)Cn1cnc2cc(Oc3ncc(C(F)(F)F)cn3)ccc21. The van der Waals surface area contributed by atoms with Gasteiger partial charge in [0.1, 0.15) is 5.75 Å². The number of alkyl halides is 3. The molecule has 9 heteroatoms. The van der Waals surface area contributed by atoms with Crippen LogP contribution in [0.25, 0.3) is 11.0 Å². The maximum Gasteiger partial charge on any atom is 0.419 e. The topological polar surface area (TPSA) is 73.1 Å². The first-order valence-corrected chi connectivity index (χ1v) is 7.36. The molecule has 0 aliphatic carbocycles. The number of aliphatic hydroxyl groups is 1. The van der Waals surface area contributed by atoms with Crippen LogP contribution >= 0.6 is 0 Å². The lowest BCUT2D eigenvalue weighted by Gasteiger charge is -2.18. The summed E-state index contributed by atoms with van der Waals surface area (Å²) in [6.45, 7) is 3.75. The Bertz CT molecular complexity index is 883. The van der Waals surface area contributed by atoms with Crippen molar-refractivity contribution in [2.24, 2.45) is 0 Å². The quantitative estimate of drug-likeness (QED) is 0.779. The molecule has 0 aliphatic rings. The number of nitrogens with zero attached hydrogens (tertiary/aromatic N) is 4. The van der Waals surface area contributed by atoms with Gasteiger partial charge in [0, 0.05) is 18.5 Å². The fourth-order valence-electron chi connectivity index (χ4n) is 2.27. The molecule has 0 radical (unpaired) electrons. The van der Waals surface area contributed by atoms with Crippen LogP contribution in [0.1, 0.15) is 19.4 Å². The van der Waals surface area contributed by atoms with Crippen LogP contribution in [0, 0.1) is 0 Å². The summed E-state index contributed by atoms with van der Waals surface area (Å²) < 4.78 is 44.7. The molecular formula is C16H15F3N4O2. The first kappa shape index (κ1) is 17.2. The van der Waals surface area contributed by atoms with Crippen LogP contribution in [0.15, 0.2) is 36.9 Å². The maximum atomic E-state index is 12.5. The van der Waals surface area contributed by atoms with Crippen molar-refractivity contribution in [3.05, 3.63) is 42.5 Å². The smallest absolute Gasteiger partial charge is 0.419 e. The molecule has 2 heterocycles. The summed E-state index contributed by atoms with van der Waals surface area (Å²) in [5, 5.41) is 9.91. The highest BCUT2D eigenvalue weighted by molar-refractivity contribution is 5.77. The number of aromatic nitrogens is 4. The lowest BCUT2D eigenvalue weighted by molar-refractivity contribution is -0.138. The highest BCUT2D eigenvalue weighted by Gasteiger charge is 2.31. The number of hydrogen-bond acceptors (Lipinski definition) is 5. The Morgan fingerprint density at radius 3 is 2.40 bits per heavy atom. The molecule has 0 bridgehead atoms. The van der Waals surface area contributed by atoms with Gasteiger partial charge in [0.2, 0.25) is 0 Å². The molecule has 0 fully saturated rings. The van der Waals surface area contributed by atoms with Crippen molar-refractivity contribution in [2.75, 3.05) is 0 Å². The minimum absolute atomic E-state index is 0.191. The van der Waals surface area contributed by atoms with Gasteiger partial charge in [0.25, 0.3) is 0 Å². The van der Waals surface area contributed by atoms with Gasteiger partial charge < -0.3 is 14.4 Å². The molecule has 0 atom stereocenters. The second kappa shape index (κ2) is 5.99. The molecule has 0 saturated heterocycles. The molecule has 0 aliphatic heterocycles. The van der Waals surface area contributed by atoms with Crippen LogP contribution in [0.3, 0.4) is 0 Å². The molecule has 0 saturated carbocycles. The van der Waals surface area contributed by atoms with Gasteiger partial charge in [0.05, 0.1) is 35.1 Å². The lowest BCUT2D eigenvalue weighted by atomic mass is 10.1. The Morgan fingerprint density at radius 1 is 1.12 bits per heavy atom. The van der Waals surface area contributed by atoms with E-state index in [2.05, 4.69) is 15.0 Å². The molecule has 3 rings (SSSR count). The molecule has 0 spiro atoms. The number of ether oxygens (including phenoxy) is 1. The van der Waals surface area contributed by atoms with Crippen molar-refractivity contribution in [2.45, 2.75) is 32.2 Å². The Hall–Kier alpha value is -2.68. The van der Waals surface area contributed by atoms with E-state index < -0.39 is 17.3 Å². The molecule has 0 unspecified atom stereocenters. The number of benzene rings is 1. The molecule has 1 N–H and O–H groups in total. The van der Waals surface area contributed by atoms with Crippen LogP contribution in [0.5, 0.6) is 11.8 Å². The first-order valence-electron chi connectivity index (χ1n) is 7.36. The Labute approximate surface area is 140 Å². The summed E-state index contributed by atoms with van der Waals surface area (Å²) in [7, 11) is 0. The van der Waals surface area contributed by atoms with E-state index >= 15 is 0 Å². The van der Waals surface area contributed by atoms with Gasteiger partial charge in [-0.05, 0) is 26.0 Å². The van der Waals surface area contributed by atoms with Crippen molar-refractivity contribution in [1.82, 2.24) is 19.5 Å². The van der Waals surface area contributed by atoms with E-state index in [1.807, 2.05) is 0 Å². The monoisotopic (exact) mass is 352 g/mol. The zero-order valence-corrected chi connectivity index (χ0v) is 13.4. The number of imidazole rings is 1. The average Bonchev–Trinajstić information content (AvgIpc) is 2.87. The Kier molecular flexibility index (Phi) is 4.11. The lowest BCUT2D eigenvalue weighted by Crippen LogP contribution is -2.25. The second-order valence-corrected chi connectivity index (χ2v) is 6.19. The number of rotatable bonds is 4. The van der Waals surface area contributed by atoms with Crippen molar-refractivity contribution in [3.8, 4) is 11.8 Å². The summed E-state index contributed by atoms with van der Waals surface area (Å²) in [4.78, 5) is 11.4. The van der Waals surface area contributed by atoms with Crippen LogP contribution in [0.4, 0.5) is 13.2 Å². The van der Waals surface area contributed by atoms with E-state index in [9.17, 15) is 18.3 Å². The zero-order valence-electron chi connectivity index (χ0n) is 13.4. The van der Waals surface area contributed by atoms with Crippen molar-refractivity contribution in [1.29, 1.82) is 0 Å². The summed E-state index contributed by atoms with van der Waals surface area (Å²) in [6.07, 6.45) is -1.57. The number of hydrogen-bond donors (Lipinski definition) is 1. The van der Waals surface area contributed by atoms with Gasteiger partial charge in [-0.2, -0.15) is 13.2 Å². The third kappa shape index (κ3) is 4.05. The molecule has 2 aromatic heterocycles. The van der Waals surface area contributed by atoms with Crippen LogP contribution in [0.2, 0.25) is 0 Å². The van der Waals surface area contributed by atoms with Crippen molar-refractivity contribution < 1.29 is 23.0 Å². The normalized spacial score (nSPS) is 12.6. The maximum absolute atomic E-state index is 12.5. The van der Waals surface area contributed by atoms with Gasteiger partial charge >= 0.3 is 12.2 Å². The Balaban J connectivity index is 1.81. The van der Waals surface area contributed by atoms with Gasteiger partial charge in [-0.15, -0.1) is 0 Å². The third-order valence-electron chi connectivity index (χ3n) is 3.31. The predicted molar refractivity (Wildman–Crippen MR) is 83.1 cm³/mol. The summed E-state index contributed by atoms with van der Waals surface area (Å²) in [6, 6.07) is 4.81. The fraction of sp³-hybridized carbons (Fsp3) is 0.312. The third-order valence-corrected chi connectivity index (χ3v) is 3.31. The van der Waals surface area contributed by atoms with Crippen LogP contribution in [-0.2, 0) is 12.7 Å². The summed E-state index contributed by atoms with van der Waals surface area (Å²) >= 11 is 0. The molecular weight excluding hydrogens is 337 g/mol. The molecule has 3 aromatic rings. The van der Waals surface area contributed by atoms with E-state index in [1.54, 1.807) is 42.9 Å². The minimum atomic E-state index is -4.50. The molecule has 132 valence electrons. The molecule has 1 aromatic carbocycles. The summed E-state index contributed by atoms with van der Waals surface area (Å²) in [5.41, 5.74) is -0.422. The number of halogens is 3. The molecule has 0 amide bonds. The van der Waals surface area contributed by atoms with Crippen molar-refractivity contribution in [3.63, 3.8) is 0 Å². The van der Waals surface area contributed by atoms with Crippen molar-refractivity contribution >= 4 is 11.0 Å². The Morgan fingerprint density at radius 2 is 1.80 bits per heavy atom. The van der Waals surface area contributed by atoms with Gasteiger partial charge in [-0.1, -0.05) is 0 Å². The van der Waals surface area contributed by atoms with Gasteiger partial charge in [-0.3, -0.25) is 0 Å². The number of fused-ring (bicyclic) bond motifs is 1. The highest BCUT2D eigenvalue weighted by atomic mass is 19.4.